The van der Waals surface area contributed by atoms with Crippen molar-refractivity contribution in [2.75, 3.05) is 13.6 Å². The monoisotopic (exact) mass is 290 g/mol. The maximum Gasteiger partial charge on any atom is 0.244 e. The van der Waals surface area contributed by atoms with Crippen LogP contribution in [0.4, 0.5) is 0 Å². The minimum atomic E-state index is -3.39. The molecule has 0 atom stereocenters. The van der Waals surface area contributed by atoms with Gasteiger partial charge in [0.2, 0.25) is 10.0 Å². The van der Waals surface area contributed by atoms with Crippen molar-refractivity contribution in [2.24, 2.45) is 5.73 Å². The van der Waals surface area contributed by atoms with E-state index in [1.54, 1.807) is 7.05 Å². The molecule has 6 heteroatoms. The van der Waals surface area contributed by atoms with E-state index < -0.39 is 10.0 Å². The Kier molecular flexibility index (Phi) is 5.78. The van der Waals surface area contributed by atoms with Crippen molar-refractivity contribution < 1.29 is 8.42 Å². The Morgan fingerprint density at radius 2 is 2.06 bits per heavy atom. The first-order chi connectivity index (χ1) is 8.45. The highest BCUT2D eigenvalue weighted by Crippen LogP contribution is 2.28. The predicted octanol–water partition coefficient (Wildman–Crippen LogP) is 2.33. The molecular formula is C12H22N2O2S2. The first kappa shape index (κ1) is 15.6. The third kappa shape index (κ3) is 3.32. The van der Waals surface area contributed by atoms with Gasteiger partial charge in [0.1, 0.15) is 4.90 Å². The van der Waals surface area contributed by atoms with E-state index in [1.807, 2.05) is 12.3 Å². The summed E-state index contributed by atoms with van der Waals surface area (Å²) < 4.78 is 26.4. The fourth-order valence-electron chi connectivity index (χ4n) is 1.84. The zero-order valence-corrected chi connectivity index (χ0v) is 12.9. The van der Waals surface area contributed by atoms with Crippen LogP contribution in [0.25, 0.3) is 0 Å². The van der Waals surface area contributed by atoms with Crippen molar-refractivity contribution in [3.05, 3.63) is 15.8 Å². The Morgan fingerprint density at radius 3 is 2.61 bits per heavy atom. The molecule has 0 radical (unpaired) electrons. The van der Waals surface area contributed by atoms with Gasteiger partial charge in [-0.1, -0.05) is 19.8 Å². The molecule has 0 fully saturated rings. The molecule has 0 amide bonds. The lowest BCUT2D eigenvalue weighted by Crippen LogP contribution is -2.29. The second-order valence-corrected chi connectivity index (χ2v) is 7.35. The molecule has 104 valence electrons. The van der Waals surface area contributed by atoms with Gasteiger partial charge in [0.25, 0.3) is 0 Å². The van der Waals surface area contributed by atoms with Crippen LogP contribution in [-0.2, 0) is 16.6 Å². The standard InChI is InChI=1S/C12H22N2O2S2/c1-4-5-6-7-14(3)18(15,16)12-10(2)9-17-11(12)8-13/h9H,4-8,13H2,1-3H3. The summed E-state index contributed by atoms with van der Waals surface area (Å²) in [5.74, 6) is 0. The number of hydrogen-bond donors (Lipinski definition) is 1. The molecule has 0 saturated heterocycles. The molecule has 1 rings (SSSR count). The molecule has 0 saturated carbocycles. The van der Waals surface area contributed by atoms with Gasteiger partial charge >= 0.3 is 0 Å². The van der Waals surface area contributed by atoms with E-state index in [0.717, 1.165) is 29.7 Å². The highest BCUT2D eigenvalue weighted by Gasteiger charge is 2.26. The van der Waals surface area contributed by atoms with Gasteiger partial charge in [0.05, 0.1) is 0 Å². The molecule has 18 heavy (non-hydrogen) atoms. The van der Waals surface area contributed by atoms with Crippen LogP contribution in [0.5, 0.6) is 0 Å². The van der Waals surface area contributed by atoms with Crippen LogP contribution in [0.15, 0.2) is 10.3 Å². The van der Waals surface area contributed by atoms with Crippen LogP contribution in [0, 0.1) is 6.92 Å². The number of hydrogen-bond acceptors (Lipinski definition) is 4. The summed E-state index contributed by atoms with van der Waals surface area (Å²) in [5, 5.41) is 1.86. The van der Waals surface area contributed by atoms with E-state index in [1.165, 1.54) is 15.6 Å². The van der Waals surface area contributed by atoms with Crippen molar-refractivity contribution in [1.82, 2.24) is 4.31 Å². The Bertz CT molecular complexity index is 480. The van der Waals surface area contributed by atoms with Gasteiger partial charge in [-0.05, 0) is 24.3 Å². The lowest BCUT2D eigenvalue weighted by atomic mass is 10.2. The van der Waals surface area contributed by atoms with Crippen LogP contribution in [-0.4, -0.2) is 26.3 Å². The van der Waals surface area contributed by atoms with Gasteiger partial charge in [-0.25, -0.2) is 12.7 Å². The Hall–Kier alpha value is -0.430. The van der Waals surface area contributed by atoms with Crippen molar-refractivity contribution >= 4 is 21.4 Å². The lowest BCUT2D eigenvalue weighted by Gasteiger charge is -2.18. The molecule has 0 aliphatic heterocycles. The van der Waals surface area contributed by atoms with Crippen LogP contribution < -0.4 is 5.73 Å². The third-order valence-electron chi connectivity index (χ3n) is 2.92. The lowest BCUT2D eigenvalue weighted by molar-refractivity contribution is 0.453. The number of thiophene rings is 1. The minimum absolute atomic E-state index is 0.274. The Balaban J connectivity index is 2.94. The number of aryl methyl sites for hydroxylation is 1. The van der Waals surface area contributed by atoms with Gasteiger partial charge in [-0.2, -0.15) is 0 Å². The summed E-state index contributed by atoms with van der Waals surface area (Å²) in [6.07, 6.45) is 3.03. The Labute approximate surface area is 114 Å². The summed E-state index contributed by atoms with van der Waals surface area (Å²) >= 11 is 1.42. The van der Waals surface area contributed by atoms with E-state index in [4.69, 9.17) is 5.73 Å². The zero-order valence-electron chi connectivity index (χ0n) is 11.3. The normalized spacial score (nSPS) is 12.3. The molecule has 0 aromatic carbocycles. The molecule has 0 spiro atoms. The van der Waals surface area contributed by atoms with Crippen molar-refractivity contribution in [1.29, 1.82) is 0 Å². The van der Waals surface area contributed by atoms with Crippen LogP contribution in [0.2, 0.25) is 0 Å². The predicted molar refractivity (Wildman–Crippen MR) is 76.3 cm³/mol. The summed E-state index contributed by atoms with van der Waals surface area (Å²) in [5.41, 5.74) is 6.40. The van der Waals surface area contributed by atoms with Crippen LogP contribution >= 0.6 is 11.3 Å². The van der Waals surface area contributed by atoms with Gasteiger partial charge in [-0.3, -0.25) is 0 Å². The van der Waals surface area contributed by atoms with Gasteiger partial charge in [0, 0.05) is 25.0 Å². The summed E-state index contributed by atoms with van der Waals surface area (Å²) in [7, 11) is -1.74. The second-order valence-electron chi connectivity index (χ2n) is 4.41. The fraction of sp³-hybridized carbons (Fsp3) is 0.667. The maximum absolute atomic E-state index is 12.5. The molecule has 0 aliphatic rings. The average Bonchev–Trinajstić information content (AvgIpc) is 2.71. The largest absolute Gasteiger partial charge is 0.326 e. The molecule has 4 nitrogen and oxygen atoms in total. The van der Waals surface area contributed by atoms with E-state index in [9.17, 15) is 8.42 Å². The fourth-order valence-corrected chi connectivity index (χ4v) is 4.69. The second kappa shape index (κ2) is 6.65. The van der Waals surface area contributed by atoms with E-state index in [0.29, 0.717) is 11.4 Å². The third-order valence-corrected chi connectivity index (χ3v) is 6.26. The molecule has 0 unspecified atom stereocenters. The highest BCUT2D eigenvalue weighted by molar-refractivity contribution is 7.89. The number of sulfonamides is 1. The maximum atomic E-state index is 12.5. The summed E-state index contributed by atoms with van der Waals surface area (Å²) in [4.78, 5) is 1.16. The molecule has 0 bridgehead atoms. The number of unbranched alkanes of at least 4 members (excludes halogenated alkanes) is 2. The van der Waals surface area contributed by atoms with Crippen LogP contribution in [0.1, 0.15) is 36.6 Å². The van der Waals surface area contributed by atoms with Crippen LogP contribution in [0.3, 0.4) is 0 Å². The SMILES string of the molecule is CCCCCN(C)S(=O)(=O)c1c(C)csc1CN. The van der Waals surface area contributed by atoms with E-state index in [-0.39, 0.29) is 6.54 Å². The topological polar surface area (TPSA) is 63.4 Å². The van der Waals surface area contributed by atoms with E-state index >= 15 is 0 Å². The summed E-state index contributed by atoms with van der Waals surface area (Å²) in [6.45, 7) is 4.76. The smallest absolute Gasteiger partial charge is 0.244 e. The first-order valence-electron chi connectivity index (χ1n) is 6.18. The van der Waals surface area contributed by atoms with Crippen molar-refractivity contribution in [3.63, 3.8) is 0 Å². The van der Waals surface area contributed by atoms with Gasteiger partial charge in [0.15, 0.2) is 0 Å². The number of rotatable bonds is 7. The van der Waals surface area contributed by atoms with E-state index in [2.05, 4.69) is 6.92 Å². The number of nitrogens with zero attached hydrogens (tertiary/aromatic N) is 1. The first-order valence-corrected chi connectivity index (χ1v) is 8.50. The molecule has 1 heterocycles. The molecule has 1 aromatic rings. The summed E-state index contributed by atoms with van der Waals surface area (Å²) in [6, 6.07) is 0. The molecular weight excluding hydrogens is 268 g/mol. The van der Waals surface area contributed by atoms with Gasteiger partial charge < -0.3 is 5.73 Å². The van der Waals surface area contributed by atoms with Crippen molar-refractivity contribution in [3.8, 4) is 0 Å². The van der Waals surface area contributed by atoms with Crippen molar-refractivity contribution in [2.45, 2.75) is 44.6 Å². The molecule has 1 aromatic heterocycles. The number of nitrogens with two attached hydrogens (primary N) is 1. The highest BCUT2D eigenvalue weighted by atomic mass is 32.2. The molecule has 0 aliphatic carbocycles. The minimum Gasteiger partial charge on any atom is -0.326 e. The quantitative estimate of drug-likeness (QED) is 0.784. The Morgan fingerprint density at radius 1 is 1.39 bits per heavy atom. The van der Waals surface area contributed by atoms with Gasteiger partial charge in [-0.15, -0.1) is 11.3 Å². The zero-order chi connectivity index (χ0) is 13.8. The average molecular weight is 290 g/mol. The molecule has 2 N–H and O–H groups in total.